The second-order valence-corrected chi connectivity index (χ2v) is 16.1. The maximum atomic E-state index is 14.3. The zero-order valence-electron chi connectivity index (χ0n) is 35.2. The molecule has 0 aliphatic carbocycles. The van der Waals surface area contributed by atoms with Gasteiger partial charge in [-0.2, -0.15) is 5.26 Å². The number of hydrogen-bond donors (Lipinski definition) is 2. The standard InChI is InChI=1S/C46H54N5O8P/c1-32(2)51(33(3)4)60(58-28-14-27-47)59-43(35-15-10-8-11-16-35)41(48-42(52)30-50-29-34(5)44(53)49-45(50)54)31-57-46(36-17-12-9-13-18-36,37-19-23-39(55-6)24-20-37)38-21-25-40(56-7)26-22-38/h8-13,15-26,29,32-33,41,43H,14,28,30-31H2,1-7H3,(H,48,52)(H,49,53,54)/t41-,43-,60?/m0/s1. The van der Waals surface area contributed by atoms with Gasteiger partial charge >= 0.3 is 5.69 Å². The largest absolute Gasteiger partial charge is 0.497 e. The summed E-state index contributed by atoms with van der Waals surface area (Å²) in [5, 5.41) is 12.6. The number of benzene rings is 4. The van der Waals surface area contributed by atoms with Crippen molar-refractivity contribution in [2.45, 2.75) is 77.4 Å². The van der Waals surface area contributed by atoms with Crippen LogP contribution in [0.3, 0.4) is 0 Å². The number of rotatable bonds is 21. The van der Waals surface area contributed by atoms with Gasteiger partial charge in [-0.15, -0.1) is 0 Å². The van der Waals surface area contributed by atoms with Gasteiger partial charge in [-0.25, -0.2) is 9.46 Å². The van der Waals surface area contributed by atoms with Gasteiger partial charge in [0, 0.05) is 23.8 Å². The summed E-state index contributed by atoms with van der Waals surface area (Å²) in [6.45, 7) is 9.38. The molecule has 2 N–H and O–H groups in total. The number of carbonyl (C=O) groups is 1. The minimum atomic E-state index is -1.83. The van der Waals surface area contributed by atoms with Crippen molar-refractivity contribution in [1.29, 1.82) is 5.26 Å². The Morgan fingerprint density at radius 1 is 0.833 bits per heavy atom. The topological polar surface area (TPSA) is 157 Å². The van der Waals surface area contributed by atoms with E-state index in [4.69, 9.17) is 23.3 Å². The molecule has 1 unspecified atom stereocenters. The second kappa shape index (κ2) is 21.6. The highest BCUT2D eigenvalue weighted by molar-refractivity contribution is 7.44. The number of hydrogen-bond acceptors (Lipinski definition) is 10. The van der Waals surface area contributed by atoms with Crippen molar-refractivity contribution < 1.29 is 28.1 Å². The van der Waals surface area contributed by atoms with E-state index in [0.29, 0.717) is 11.5 Å². The van der Waals surface area contributed by atoms with E-state index >= 15 is 0 Å². The van der Waals surface area contributed by atoms with Crippen LogP contribution < -0.4 is 26.0 Å². The number of nitrogens with zero attached hydrogens (tertiary/aromatic N) is 3. The Morgan fingerprint density at radius 3 is 1.88 bits per heavy atom. The molecule has 1 heterocycles. The van der Waals surface area contributed by atoms with Gasteiger partial charge in [0.05, 0.1) is 46.0 Å². The summed E-state index contributed by atoms with van der Waals surface area (Å²) in [4.78, 5) is 41.6. The second-order valence-electron chi connectivity index (χ2n) is 14.7. The van der Waals surface area contributed by atoms with Crippen molar-refractivity contribution in [3.8, 4) is 17.6 Å². The van der Waals surface area contributed by atoms with Gasteiger partial charge in [-0.05, 0) is 81.1 Å². The first-order valence-corrected chi connectivity index (χ1v) is 20.9. The smallest absolute Gasteiger partial charge is 0.328 e. The molecule has 0 aliphatic rings. The summed E-state index contributed by atoms with van der Waals surface area (Å²) in [7, 11) is 1.39. The van der Waals surface area contributed by atoms with Crippen LogP contribution in [0.4, 0.5) is 0 Å². The van der Waals surface area contributed by atoms with Crippen LogP contribution in [0.1, 0.15) is 68.0 Å². The fourth-order valence-electron chi connectivity index (χ4n) is 7.04. The van der Waals surface area contributed by atoms with Crippen molar-refractivity contribution in [3.63, 3.8) is 0 Å². The Hall–Kier alpha value is -5.61. The molecular weight excluding hydrogens is 782 g/mol. The molecule has 0 saturated heterocycles. The molecule has 0 aliphatic heterocycles. The highest BCUT2D eigenvalue weighted by atomic mass is 31.2. The Kier molecular flexibility index (Phi) is 16.4. The van der Waals surface area contributed by atoms with Gasteiger partial charge in [-0.1, -0.05) is 84.9 Å². The minimum Gasteiger partial charge on any atom is -0.497 e. The van der Waals surface area contributed by atoms with Crippen LogP contribution in [0.5, 0.6) is 11.5 Å². The molecule has 0 radical (unpaired) electrons. The van der Waals surface area contributed by atoms with Gasteiger partial charge in [0.1, 0.15) is 29.7 Å². The Bertz CT molecular complexity index is 2220. The fourth-order valence-corrected chi connectivity index (χ4v) is 8.81. The number of aromatic amines is 1. The molecule has 316 valence electrons. The molecule has 5 rings (SSSR count). The zero-order chi connectivity index (χ0) is 43.2. The van der Waals surface area contributed by atoms with E-state index in [2.05, 4.69) is 21.0 Å². The van der Waals surface area contributed by atoms with Gasteiger partial charge in [0.2, 0.25) is 5.91 Å². The van der Waals surface area contributed by atoms with E-state index in [1.807, 2.05) is 137 Å². The average molecular weight is 836 g/mol. The van der Waals surface area contributed by atoms with Crippen LogP contribution in [0.15, 0.2) is 125 Å². The van der Waals surface area contributed by atoms with Crippen LogP contribution in [0.2, 0.25) is 0 Å². The zero-order valence-corrected chi connectivity index (χ0v) is 36.1. The first kappa shape index (κ1) is 45.5. The highest BCUT2D eigenvalue weighted by Gasteiger charge is 2.41. The number of methoxy groups -OCH3 is 2. The quantitative estimate of drug-likeness (QED) is 0.0434. The van der Waals surface area contributed by atoms with Crippen LogP contribution in [0.25, 0.3) is 0 Å². The summed E-state index contributed by atoms with van der Waals surface area (Å²) in [6, 6.07) is 35.8. The number of aromatic nitrogens is 2. The lowest BCUT2D eigenvalue weighted by atomic mass is 9.80. The van der Waals surface area contributed by atoms with Gasteiger partial charge in [0.15, 0.2) is 0 Å². The van der Waals surface area contributed by atoms with E-state index in [1.54, 1.807) is 21.1 Å². The average Bonchev–Trinajstić information content (AvgIpc) is 3.25. The fraction of sp³-hybridized carbons (Fsp3) is 0.348. The lowest BCUT2D eigenvalue weighted by Gasteiger charge is -2.41. The minimum absolute atomic E-state index is 0.00913. The van der Waals surface area contributed by atoms with E-state index in [1.165, 1.54) is 6.20 Å². The van der Waals surface area contributed by atoms with Crippen LogP contribution in [-0.2, 0) is 30.7 Å². The third-order valence-corrected chi connectivity index (χ3v) is 12.0. The number of H-pyrrole nitrogens is 1. The third-order valence-electron chi connectivity index (χ3n) is 9.86. The molecule has 60 heavy (non-hydrogen) atoms. The molecule has 4 aromatic carbocycles. The molecular formula is C46H54N5O8P. The molecule has 0 fully saturated rings. The molecule has 1 amide bonds. The lowest BCUT2D eigenvalue weighted by Crippen LogP contribution is -2.48. The summed E-state index contributed by atoms with van der Waals surface area (Å²) >= 11 is 0. The molecule has 3 atom stereocenters. The van der Waals surface area contributed by atoms with Crippen molar-refractivity contribution in [3.05, 3.63) is 164 Å². The summed E-state index contributed by atoms with van der Waals surface area (Å²) in [6.07, 6.45) is 0.635. The first-order valence-electron chi connectivity index (χ1n) is 19.8. The van der Waals surface area contributed by atoms with Gasteiger partial charge in [-0.3, -0.25) is 19.1 Å². The number of amides is 1. The van der Waals surface area contributed by atoms with Crippen molar-refractivity contribution in [2.75, 3.05) is 27.4 Å². The van der Waals surface area contributed by atoms with E-state index < -0.39 is 50.0 Å². The van der Waals surface area contributed by atoms with Crippen molar-refractivity contribution in [2.24, 2.45) is 0 Å². The SMILES string of the molecule is COc1ccc(C(OC[C@H](NC(=O)Cn2cc(C)c(=O)[nH]c2=O)[C@@H](OP(OCCC#N)N(C(C)C)C(C)C)c2ccccc2)(c2ccccc2)c2ccc(OC)cc2)cc1. The van der Waals surface area contributed by atoms with Crippen LogP contribution in [0, 0.1) is 18.3 Å². The predicted octanol–water partition coefficient (Wildman–Crippen LogP) is 7.39. The van der Waals surface area contributed by atoms with E-state index in [-0.39, 0.29) is 37.3 Å². The Labute approximate surface area is 352 Å². The number of nitriles is 1. The first-order chi connectivity index (χ1) is 28.9. The molecule has 0 spiro atoms. The summed E-state index contributed by atoms with van der Waals surface area (Å²) in [5.41, 5.74) is 0.881. The van der Waals surface area contributed by atoms with Crippen molar-refractivity contribution >= 4 is 14.4 Å². The van der Waals surface area contributed by atoms with E-state index in [0.717, 1.165) is 26.8 Å². The Morgan fingerprint density at radius 2 is 1.37 bits per heavy atom. The number of aryl methyl sites for hydroxylation is 1. The number of carbonyl (C=O) groups excluding carboxylic acids is 1. The maximum Gasteiger partial charge on any atom is 0.328 e. The molecule has 0 saturated carbocycles. The normalized spacial score (nSPS) is 13.2. The molecule has 1 aromatic heterocycles. The summed E-state index contributed by atoms with van der Waals surface area (Å²) < 4.78 is 35.2. The summed E-state index contributed by atoms with van der Waals surface area (Å²) in [5.74, 6) is 0.797. The van der Waals surface area contributed by atoms with Gasteiger partial charge in [0.25, 0.3) is 14.1 Å². The number of ether oxygens (including phenoxy) is 3. The maximum absolute atomic E-state index is 14.3. The van der Waals surface area contributed by atoms with Crippen LogP contribution in [-0.4, -0.2) is 65.7 Å². The monoisotopic (exact) mass is 835 g/mol. The molecule has 5 aromatic rings. The molecule has 13 nitrogen and oxygen atoms in total. The van der Waals surface area contributed by atoms with Crippen LogP contribution >= 0.6 is 8.53 Å². The van der Waals surface area contributed by atoms with Gasteiger partial charge < -0.3 is 28.6 Å². The Balaban J connectivity index is 1.70. The van der Waals surface area contributed by atoms with Crippen molar-refractivity contribution in [1.82, 2.24) is 19.5 Å². The molecule has 0 bridgehead atoms. The molecule has 14 heteroatoms. The number of nitrogens with one attached hydrogen (secondary N) is 2. The predicted molar refractivity (Wildman–Crippen MR) is 232 cm³/mol. The third kappa shape index (κ3) is 11.2. The highest BCUT2D eigenvalue weighted by Crippen LogP contribution is 2.51. The lowest BCUT2D eigenvalue weighted by molar-refractivity contribution is -0.124. The van der Waals surface area contributed by atoms with E-state index in [9.17, 15) is 19.6 Å².